The van der Waals surface area contributed by atoms with Crippen LogP contribution < -0.4 is 5.32 Å². The van der Waals surface area contributed by atoms with Crippen molar-refractivity contribution >= 4 is 48.3 Å². The highest BCUT2D eigenvalue weighted by atomic mass is 32.2. The van der Waals surface area contributed by atoms with Gasteiger partial charge in [-0.05, 0) is 30.3 Å². The fourth-order valence-electron chi connectivity index (χ4n) is 2.92. The van der Waals surface area contributed by atoms with Gasteiger partial charge in [0.05, 0.1) is 33.2 Å². The van der Waals surface area contributed by atoms with Crippen molar-refractivity contribution in [3.05, 3.63) is 58.1 Å². The van der Waals surface area contributed by atoms with Crippen LogP contribution in [-0.4, -0.2) is 69.1 Å². The predicted molar refractivity (Wildman–Crippen MR) is 123 cm³/mol. The van der Waals surface area contributed by atoms with Crippen LogP contribution in [0.5, 0.6) is 0 Å². The number of nitrogens with zero attached hydrogens (tertiary/aromatic N) is 3. The first-order valence-electron chi connectivity index (χ1n) is 9.70. The van der Waals surface area contributed by atoms with Gasteiger partial charge in [-0.1, -0.05) is 11.3 Å². The van der Waals surface area contributed by atoms with E-state index in [0.29, 0.717) is 10.2 Å². The van der Waals surface area contributed by atoms with Crippen LogP contribution in [-0.2, 0) is 19.5 Å². The molecule has 1 N–H and O–H groups in total. The lowest BCUT2D eigenvalue weighted by atomic mass is 10.2. The number of nitro groups is 1. The lowest BCUT2D eigenvalue weighted by Crippen LogP contribution is -2.36. The second kappa shape index (κ2) is 10.8. The Morgan fingerprint density at radius 3 is 2.33 bits per heavy atom. The Balaban J connectivity index is 1.75. The summed E-state index contributed by atoms with van der Waals surface area (Å²) in [4.78, 5) is 27.2. The molecule has 13 heteroatoms. The number of benzene rings is 2. The summed E-state index contributed by atoms with van der Waals surface area (Å²) in [5, 5.41) is 13.8. The summed E-state index contributed by atoms with van der Waals surface area (Å²) in [6.07, 6.45) is 0. The zero-order valence-corrected chi connectivity index (χ0v) is 19.5. The number of amides is 1. The van der Waals surface area contributed by atoms with Gasteiger partial charge < -0.3 is 9.47 Å². The van der Waals surface area contributed by atoms with E-state index in [0.717, 1.165) is 0 Å². The summed E-state index contributed by atoms with van der Waals surface area (Å²) in [5.74, 6) is -0.483. The Hall–Kier alpha value is -2.97. The zero-order chi connectivity index (χ0) is 24.0. The molecule has 3 aromatic rings. The standard InChI is InChI=1S/C20H22N4O7S2/c1-30-11-9-23(10-12-31-2)33(28,29)16-6-3-14(4-7-16)19(25)22-20-21-17-13-15(24(26)27)5-8-18(17)32-20/h3-8,13H,9-12H2,1-2H3,(H,21,22,25). The van der Waals surface area contributed by atoms with Crippen LogP contribution in [0.25, 0.3) is 10.2 Å². The van der Waals surface area contributed by atoms with Crippen LogP contribution in [0.2, 0.25) is 0 Å². The number of aromatic nitrogens is 1. The van der Waals surface area contributed by atoms with Crippen LogP contribution in [0.4, 0.5) is 10.8 Å². The van der Waals surface area contributed by atoms with Gasteiger partial charge in [-0.15, -0.1) is 0 Å². The number of thiazole rings is 1. The SMILES string of the molecule is COCCN(CCOC)S(=O)(=O)c1ccc(C(=O)Nc2nc3cc([N+](=O)[O-])ccc3s2)cc1. The number of methoxy groups -OCH3 is 2. The van der Waals surface area contributed by atoms with Gasteiger partial charge in [-0.25, -0.2) is 13.4 Å². The minimum atomic E-state index is -3.80. The highest BCUT2D eigenvalue weighted by Crippen LogP contribution is 2.29. The van der Waals surface area contributed by atoms with Crippen molar-refractivity contribution in [1.82, 2.24) is 9.29 Å². The van der Waals surface area contributed by atoms with E-state index in [9.17, 15) is 23.3 Å². The second-order valence-corrected chi connectivity index (χ2v) is 9.76. The molecule has 0 aliphatic carbocycles. The Morgan fingerprint density at radius 1 is 1.12 bits per heavy atom. The van der Waals surface area contributed by atoms with E-state index >= 15 is 0 Å². The molecule has 0 fully saturated rings. The molecule has 11 nitrogen and oxygen atoms in total. The average Bonchev–Trinajstić information content (AvgIpc) is 3.20. The average molecular weight is 495 g/mol. The molecule has 0 spiro atoms. The van der Waals surface area contributed by atoms with Crippen molar-refractivity contribution in [2.45, 2.75) is 4.90 Å². The summed E-state index contributed by atoms with van der Waals surface area (Å²) < 4.78 is 37.8. The van der Waals surface area contributed by atoms with E-state index in [1.54, 1.807) is 6.07 Å². The summed E-state index contributed by atoms with van der Waals surface area (Å²) >= 11 is 1.18. The third-order valence-electron chi connectivity index (χ3n) is 4.65. The molecular formula is C20H22N4O7S2. The predicted octanol–water partition coefficient (Wildman–Crippen LogP) is 2.74. The van der Waals surface area contributed by atoms with Crippen LogP contribution >= 0.6 is 11.3 Å². The Labute approximate surface area is 194 Å². The topological polar surface area (TPSA) is 141 Å². The molecule has 0 unspecified atom stereocenters. The minimum absolute atomic E-state index is 0.0403. The van der Waals surface area contributed by atoms with Crippen molar-refractivity contribution < 1.29 is 27.6 Å². The Morgan fingerprint density at radius 2 is 1.76 bits per heavy atom. The monoisotopic (exact) mass is 494 g/mol. The Kier molecular flexibility index (Phi) is 8.05. The number of fused-ring (bicyclic) bond motifs is 1. The number of non-ortho nitro benzene ring substituents is 1. The van der Waals surface area contributed by atoms with Crippen molar-refractivity contribution in [2.75, 3.05) is 45.8 Å². The van der Waals surface area contributed by atoms with E-state index in [1.165, 1.54) is 66.3 Å². The van der Waals surface area contributed by atoms with Crippen LogP contribution in [0.15, 0.2) is 47.4 Å². The Bertz CT molecular complexity index is 1240. The molecule has 2 aromatic carbocycles. The molecule has 176 valence electrons. The van der Waals surface area contributed by atoms with Crippen molar-refractivity contribution in [3.8, 4) is 0 Å². The number of nitro benzene ring substituents is 1. The van der Waals surface area contributed by atoms with E-state index in [2.05, 4.69) is 10.3 Å². The summed E-state index contributed by atoms with van der Waals surface area (Å²) in [7, 11) is -0.824. The first-order chi connectivity index (χ1) is 15.8. The minimum Gasteiger partial charge on any atom is -0.383 e. The first kappa shape index (κ1) is 24.7. The number of hydrogen-bond acceptors (Lipinski definition) is 9. The fourth-order valence-corrected chi connectivity index (χ4v) is 5.17. The number of sulfonamides is 1. The highest BCUT2D eigenvalue weighted by Gasteiger charge is 2.24. The van der Waals surface area contributed by atoms with Gasteiger partial charge in [0.2, 0.25) is 10.0 Å². The van der Waals surface area contributed by atoms with Gasteiger partial charge >= 0.3 is 0 Å². The number of nitrogens with one attached hydrogen (secondary N) is 1. The second-order valence-electron chi connectivity index (χ2n) is 6.80. The van der Waals surface area contributed by atoms with Crippen molar-refractivity contribution in [3.63, 3.8) is 0 Å². The third kappa shape index (κ3) is 5.89. The number of carbonyl (C=O) groups excluding carboxylic acids is 1. The van der Waals surface area contributed by atoms with E-state index < -0.39 is 20.9 Å². The highest BCUT2D eigenvalue weighted by molar-refractivity contribution is 7.89. The molecule has 0 aliphatic rings. The number of rotatable bonds is 11. The zero-order valence-electron chi connectivity index (χ0n) is 17.9. The normalized spacial score (nSPS) is 11.7. The van der Waals surface area contributed by atoms with Gasteiger partial charge in [0, 0.05) is 45.0 Å². The van der Waals surface area contributed by atoms with Crippen LogP contribution in [0.1, 0.15) is 10.4 Å². The number of anilines is 1. The first-order valence-corrected chi connectivity index (χ1v) is 12.0. The summed E-state index contributed by atoms with van der Waals surface area (Å²) in [5.41, 5.74) is 0.546. The van der Waals surface area contributed by atoms with E-state index in [-0.39, 0.29) is 47.6 Å². The van der Waals surface area contributed by atoms with E-state index in [1.807, 2.05) is 0 Å². The van der Waals surface area contributed by atoms with Crippen molar-refractivity contribution in [1.29, 1.82) is 0 Å². The number of carbonyl (C=O) groups is 1. The van der Waals surface area contributed by atoms with Crippen molar-refractivity contribution in [2.24, 2.45) is 0 Å². The molecule has 3 rings (SSSR count). The van der Waals surface area contributed by atoms with Gasteiger partial charge in [0.1, 0.15) is 0 Å². The third-order valence-corrected chi connectivity index (χ3v) is 7.51. The summed E-state index contributed by atoms with van der Waals surface area (Å²) in [6, 6.07) is 9.81. The number of hydrogen-bond donors (Lipinski definition) is 1. The molecule has 0 saturated carbocycles. The maximum Gasteiger partial charge on any atom is 0.271 e. The smallest absolute Gasteiger partial charge is 0.271 e. The summed E-state index contributed by atoms with van der Waals surface area (Å²) in [6.45, 7) is 0.796. The quantitative estimate of drug-likeness (QED) is 0.317. The molecule has 0 radical (unpaired) electrons. The maximum atomic E-state index is 12.9. The van der Waals surface area contributed by atoms with Gasteiger partial charge in [0.25, 0.3) is 11.6 Å². The largest absolute Gasteiger partial charge is 0.383 e. The molecule has 0 aliphatic heterocycles. The van der Waals surface area contributed by atoms with Crippen LogP contribution in [0, 0.1) is 10.1 Å². The molecule has 0 atom stereocenters. The van der Waals surface area contributed by atoms with E-state index in [4.69, 9.17) is 9.47 Å². The van der Waals surface area contributed by atoms with Gasteiger partial charge in [0.15, 0.2) is 5.13 Å². The number of ether oxygens (including phenoxy) is 2. The lowest BCUT2D eigenvalue weighted by molar-refractivity contribution is -0.384. The molecule has 1 heterocycles. The molecular weight excluding hydrogens is 472 g/mol. The fraction of sp³-hybridized carbons (Fsp3) is 0.300. The lowest BCUT2D eigenvalue weighted by Gasteiger charge is -2.21. The molecule has 1 amide bonds. The molecule has 33 heavy (non-hydrogen) atoms. The molecule has 0 bridgehead atoms. The van der Waals surface area contributed by atoms with Gasteiger partial charge in [-0.2, -0.15) is 4.31 Å². The van der Waals surface area contributed by atoms with Gasteiger partial charge in [-0.3, -0.25) is 20.2 Å². The maximum absolute atomic E-state index is 12.9. The van der Waals surface area contributed by atoms with Crippen LogP contribution in [0.3, 0.4) is 0 Å². The molecule has 1 aromatic heterocycles. The molecule has 0 saturated heterocycles.